The van der Waals surface area contributed by atoms with E-state index in [1.165, 1.54) is 12.1 Å². The fourth-order valence-corrected chi connectivity index (χ4v) is 2.50. The number of rotatable bonds is 4. The molecule has 116 valence electrons. The minimum Gasteiger partial charge on any atom is -0.396 e. The molecule has 0 unspecified atom stereocenters. The predicted octanol–water partition coefficient (Wildman–Crippen LogP) is 1.92. The summed E-state index contributed by atoms with van der Waals surface area (Å²) in [6, 6.07) is 3.19. The van der Waals surface area contributed by atoms with Crippen molar-refractivity contribution in [2.24, 2.45) is 5.92 Å². The lowest BCUT2D eigenvalue weighted by molar-refractivity contribution is 0.137. The zero-order chi connectivity index (χ0) is 15.2. The molecule has 0 aliphatic carbocycles. The molecule has 0 saturated carbocycles. The van der Waals surface area contributed by atoms with Gasteiger partial charge < -0.3 is 15.3 Å². The Labute approximate surface area is 122 Å². The Morgan fingerprint density at radius 1 is 1.24 bits per heavy atom. The van der Waals surface area contributed by atoms with E-state index in [4.69, 9.17) is 5.11 Å². The molecule has 1 aliphatic rings. The van der Waals surface area contributed by atoms with Crippen LogP contribution in [0.5, 0.6) is 0 Å². The molecule has 0 radical (unpaired) electrons. The third kappa shape index (κ3) is 4.67. The van der Waals surface area contributed by atoms with Gasteiger partial charge in [0.1, 0.15) is 11.6 Å². The summed E-state index contributed by atoms with van der Waals surface area (Å²) >= 11 is 0. The maximum atomic E-state index is 13.0. The molecule has 2 amide bonds. The lowest BCUT2D eigenvalue weighted by atomic mass is 9.98. The summed E-state index contributed by atoms with van der Waals surface area (Å²) in [7, 11) is 0. The molecule has 1 saturated heterocycles. The number of urea groups is 1. The van der Waals surface area contributed by atoms with Crippen molar-refractivity contribution >= 4 is 6.03 Å². The zero-order valence-corrected chi connectivity index (χ0v) is 11.8. The number of hydrogen-bond donors (Lipinski definition) is 2. The molecule has 1 heterocycles. The van der Waals surface area contributed by atoms with Gasteiger partial charge in [0.05, 0.1) is 0 Å². The van der Waals surface area contributed by atoms with E-state index in [1.54, 1.807) is 4.90 Å². The van der Waals surface area contributed by atoms with Crippen LogP contribution in [0.3, 0.4) is 0 Å². The number of nitrogens with zero attached hydrogens (tertiary/aromatic N) is 1. The molecule has 0 aromatic heterocycles. The van der Waals surface area contributed by atoms with Gasteiger partial charge in [0.25, 0.3) is 0 Å². The highest BCUT2D eigenvalue weighted by molar-refractivity contribution is 5.74. The quantitative estimate of drug-likeness (QED) is 0.892. The van der Waals surface area contributed by atoms with Gasteiger partial charge in [-0.15, -0.1) is 0 Å². The maximum absolute atomic E-state index is 13.0. The summed E-state index contributed by atoms with van der Waals surface area (Å²) < 4.78 is 26.0. The second-order valence-electron chi connectivity index (χ2n) is 5.37. The van der Waals surface area contributed by atoms with Crippen LogP contribution in [0, 0.1) is 17.6 Å². The Morgan fingerprint density at radius 3 is 2.43 bits per heavy atom. The first-order valence-corrected chi connectivity index (χ1v) is 7.17. The second kappa shape index (κ2) is 7.36. The van der Waals surface area contributed by atoms with Gasteiger partial charge in [0.15, 0.2) is 0 Å². The summed E-state index contributed by atoms with van der Waals surface area (Å²) in [6.07, 6.45) is 1.99. The molecule has 4 nitrogen and oxygen atoms in total. The average Bonchev–Trinajstić information content (AvgIpc) is 2.46. The summed E-state index contributed by atoms with van der Waals surface area (Å²) in [6.45, 7) is 1.76. The average molecular weight is 298 g/mol. The highest BCUT2D eigenvalue weighted by Gasteiger charge is 2.21. The van der Waals surface area contributed by atoms with Crippen LogP contribution in [0.15, 0.2) is 18.2 Å². The Kier molecular flexibility index (Phi) is 5.50. The van der Waals surface area contributed by atoms with E-state index in [2.05, 4.69) is 5.32 Å². The van der Waals surface area contributed by atoms with Crippen molar-refractivity contribution < 1.29 is 18.7 Å². The number of carbonyl (C=O) groups excluding carboxylic acids is 1. The fraction of sp³-hybridized carbons (Fsp3) is 0.533. The lowest BCUT2D eigenvalue weighted by Crippen LogP contribution is -2.45. The molecule has 1 aliphatic heterocycles. The first-order chi connectivity index (χ1) is 10.1. The number of carbonyl (C=O) groups is 1. The van der Waals surface area contributed by atoms with E-state index in [0.29, 0.717) is 31.6 Å². The molecule has 0 spiro atoms. The number of aliphatic hydroxyl groups excluding tert-OH is 1. The largest absolute Gasteiger partial charge is 0.396 e. The lowest BCUT2D eigenvalue weighted by Gasteiger charge is -2.31. The number of aliphatic hydroxyl groups is 1. The van der Waals surface area contributed by atoms with Crippen molar-refractivity contribution in [2.75, 3.05) is 26.2 Å². The molecule has 0 atom stereocenters. The Balaban J connectivity index is 1.74. The number of benzene rings is 1. The molecule has 1 aromatic carbocycles. The monoisotopic (exact) mass is 298 g/mol. The molecule has 2 N–H and O–H groups in total. The topological polar surface area (TPSA) is 52.6 Å². The summed E-state index contributed by atoms with van der Waals surface area (Å²) in [4.78, 5) is 13.6. The van der Waals surface area contributed by atoms with E-state index >= 15 is 0 Å². The third-order valence-corrected chi connectivity index (χ3v) is 3.77. The van der Waals surface area contributed by atoms with Gasteiger partial charge >= 0.3 is 6.03 Å². The van der Waals surface area contributed by atoms with Crippen molar-refractivity contribution in [3.8, 4) is 0 Å². The van der Waals surface area contributed by atoms with Crippen LogP contribution in [-0.4, -0.2) is 42.3 Å². The highest BCUT2D eigenvalue weighted by atomic mass is 19.1. The molecular weight excluding hydrogens is 278 g/mol. The van der Waals surface area contributed by atoms with E-state index in [9.17, 15) is 13.6 Å². The van der Waals surface area contributed by atoms with Gasteiger partial charge in [-0.2, -0.15) is 0 Å². The molecule has 6 heteroatoms. The first-order valence-electron chi connectivity index (χ1n) is 7.17. The van der Waals surface area contributed by atoms with Gasteiger partial charge in [-0.3, -0.25) is 0 Å². The molecular formula is C15H20F2N2O2. The number of halogens is 2. The van der Waals surface area contributed by atoms with Crippen molar-refractivity contribution in [1.82, 2.24) is 10.2 Å². The van der Waals surface area contributed by atoms with Gasteiger partial charge in [0, 0.05) is 32.3 Å². The van der Waals surface area contributed by atoms with Gasteiger partial charge in [-0.05, 0) is 42.9 Å². The molecule has 2 rings (SSSR count). The van der Waals surface area contributed by atoms with Crippen molar-refractivity contribution in [3.05, 3.63) is 35.4 Å². The predicted molar refractivity (Wildman–Crippen MR) is 74.8 cm³/mol. The smallest absolute Gasteiger partial charge is 0.317 e. The third-order valence-electron chi connectivity index (χ3n) is 3.77. The van der Waals surface area contributed by atoms with E-state index < -0.39 is 11.6 Å². The minimum atomic E-state index is -0.609. The second-order valence-corrected chi connectivity index (χ2v) is 5.37. The fourth-order valence-electron chi connectivity index (χ4n) is 2.50. The summed E-state index contributed by atoms with van der Waals surface area (Å²) in [5.41, 5.74) is 0.520. The normalized spacial score (nSPS) is 16.0. The minimum absolute atomic E-state index is 0.164. The Bertz CT molecular complexity index is 468. The summed E-state index contributed by atoms with van der Waals surface area (Å²) in [5.74, 6) is -0.936. The van der Waals surface area contributed by atoms with Gasteiger partial charge in [-0.25, -0.2) is 13.6 Å². The van der Waals surface area contributed by atoms with Crippen LogP contribution in [0.2, 0.25) is 0 Å². The van der Waals surface area contributed by atoms with Crippen molar-refractivity contribution in [1.29, 1.82) is 0 Å². The molecule has 21 heavy (non-hydrogen) atoms. The zero-order valence-electron chi connectivity index (χ0n) is 11.8. The van der Waals surface area contributed by atoms with Crippen LogP contribution < -0.4 is 5.32 Å². The van der Waals surface area contributed by atoms with Gasteiger partial charge in [-0.1, -0.05) is 0 Å². The van der Waals surface area contributed by atoms with E-state index in [0.717, 1.165) is 18.9 Å². The van der Waals surface area contributed by atoms with Crippen LogP contribution in [-0.2, 0) is 6.42 Å². The number of hydrogen-bond acceptors (Lipinski definition) is 2. The van der Waals surface area contributed by atoms with Crippen molar-refractivity contribution in [2.45, 2.75) is 19.3 Å². The van der Waals surface area contributed by atoms with Crippen LogP contribution in [0.4, 0.5) is 13.6 Å². The Hall–Kier alpha value is -1.69. The maximum Gasteiger partial charge on any atom is 0.317 e. The highest BCUT2D eigenvalue weighted by Crippen LogP contribution is 2.16. The van der Waals surface area contributed by atoms with Crippen molar-refractivity contribution in [3.63, 3.8) is 0 Å². The van der Waals surface area contributed by atoms with Crippen LogP contribution in [0.25, 0.3) is 0 Å². The summed E-state index contributed by atoms with van der Waals surface area (Å²) in [5, 5.41) is 11.8. The van der Waals surface area contributed by atoms with E-state index in [1.807, 2.05) is 0 Å². The molecule has 1 aromatic rings. The van der Waals surface area contributed by atoms with Crippen LogP contribution in [0.1, 0.15) is 18.4 Å². The standard InChI is InChI=1S/C15H20F2N2O2/c16-13-7-12(8-14(17)9-13)1-4-18-15(21)19-5-2-11(10-20)3-6-19/h7-9,11,20H,1-6,10H2,(H,18,21). The van der Waals surface area contributed by atoms with Gasteiger partial charge in [0.2, 0.25) is 0 Å². The number of likely N-dealkylation sites (tertiary alicyclic amines) is 1. The number of piperidine rings is 1. The van der Waals surface area contributed by atoms with Crippen LogP contribution >= 0.6 is 0 Å². The SMILES string of the molecule is O=C(NCCc1cc(F)cc(F)c1)N1CCC(CO)CC1. The Morgan fingerprint density at radius 2 is 1.86 bits per heavy atom. The number of amides is 2. The molecule has 0 bridgehead atoms. The van der Waals surface area contributed by atoms with E-state index in [-0.39, 0.29) is 18.6 Å². The number of nitrogens with one attached hydrogen (secondary N) is 1. The molecule has 1 fully saturated rings. The first kappa shape index (κ1) is 15.7.